The monoisotopic (exact) mass is 366 g/mol. The maximum absolute atomic E-state index is 11.3. The zero-order valence-electron chi connectivity index (χ0n) is 13.9. The lowest BCUT2D eigenvalue weighted by molar-refractivity contribution is -0.437. The van der Waals surface area contributed by atoms with E-state index in [4.69, 9.17) is 23.1 Å². The largest absolute Gasteiger partial charge is 0.330 e. The number of benzene rings is 1. The van der Waals surface area contributed by atoms with Gasteiger partial charge in [-0.25, -0.2) is 4.99 Å². The highest BCUT2D eigenvalue weighted by molar-refractivity contribution is 6.31. The normalized spacial score (nSPS) is 21.4. The second kappa shape index (κ2) is 8.80. The van der Waals surface area contributed by atoms with Crippen molar-refractivity contribution in [1.29, 1.82) is 0 Å². The van der Waals surface area contributed by atoms with Gasteiger partial charge in [0.2, 0.25) is 0 Å². The molecule has 25 heavy (non-hydrogen) atoms. The molecule has 0 aliphatic carbocycles. The molecule has 1 unspecified atom stereocenters. The van der Waals surface area contributed by atoms with Crippen molar-refractivity contribution in [1.82, 2.24) is 10.6 Å². The van der Waals surface area contributed by atoms with Crippen LogP contribution < -0.4 is 22.1 Å². The van der Waals surface area contributed by atoms with Gasteiger partial charge < -0.3 is 16.4 Å². The van der Waals surface area contributed by atoms with E-state index in [0.717, 1.165) is 24.8 Å². The molecule has 1 aromatic rings. The van der Waals surface area contributed by atoms with Crippen molar-refractivity contribution in [3.8, 4) is 0 Å². The number of nitrogens with two attached hydrogens (primary N) is 2. The molecule has 1 atom stereocenters. The molecule has 1 aromatic carbocycles. The highest BCUT2D eigenvalue weighted by atomic mass is 35.5. The Morgan fingerprint density at radius 1 is 1.28 bits per heavy atom. The van der Waals surface area contributed by atoms with Gasteiger partial charge in [0.25, 0.3) is 0 Å². The van der Waals surface area contributed by atoms with Gasteiger partial charge in [0.15, 0.2) is 11.6 Å². The maximum Gasteiger partial charge on any atom is 0.301 e. The lowest BCUT2D eigenvalue weighted by Crippen LogP contribution is -2.64. The van der Waals surface area contributed by atoms with Crippen LogP contribution in [0.2, 0.25) is 5.02 Å². The number of halogens is 1. The maximum atomic E-state index is 11.3. The van der Waals surface area contributed by atoms with Crippen LogP contribution in [0.4, 0.5) is 0 Å². The molecule has 2 rings (SSSR count). The average molecular weight is 367 g/mol. The van der Waals surface area contributed by atoms with E-state index in [2.05, 4.69) is 15.6 Å². The molecule has 0 radical (unpaired) electrons. The Hall–Kier alpha value is -2.16. The zero-order chi connectivity index (χ0) is 18.3. The van der Waals surface area contributed by atoms with E-state index in [1.807, 2.05) is 18.2 Å². The molecule has 0 bridgehead atoms. The first kappa shape index (κ1) is 19.2. The van der Waals surface area contributed by atoms with Crippen LogP contribution in [0.15, 0.2) is 41.2 Å². The molecule has 136 valence electrons. The second-order valence-electron chi connectivity index (χ2n) is 5.88. The van der Waals surface area contributed by atoms with E-state index in [1.54, 1.807) is 6.07 Å². The van der Waals surface area contributed by atoms with Crippen LogP contribution in [0.3, 0.4) is 0 Å². The number of nitrogens with zero attached hydrogens (tertiary/aromatic N) is 2. The Kier molecular flexibility index (Phi) is 6.74. The fraction of sp³-hybridized carbons (Fsp3) is 0.438. The molecular weight excluding hydrogens is 344 g/mol. The molecule has 0 spiro atoms. The molecule has 0 aromatic heterocycles. The minimum atomic E-state index is -1.28. The van der Waals surface area contributed by atoms with Crippen LogP contribution in [0.1, 0.15) is 31.2 Å². The Morgan fingerprint density at radius 2 is 2.04 bits per heavy atom. The summed E-state index contributed by atoms with van der Waals surface area (Å²) in [6.45, 7) is 0.926. The number of hydrogen-bond donors (Lipinski definition) is 4. The van der Waals surface area contributed by atoms with Crippen LogP contribution in [0, 0.1) is 10.1 Å². The lowest BCUT2D eigenvalue weighted by atomic mass is 9.98. The standard InChI is InChI=1S/C16H23ClN6O2/c17-13-7-3-2-6-12(13)10-20-15-21-11-14(23(24)25)16(19,22-15)8-4-1-5-9-18/h2-3,6-7,11H,1,4-5,8-10,18-19H2,(H2,20,21,22). The van der Waals surface area contributed by atoms with E-state index < -0.39 is 10.6 Å². The van der Waals surface area contributed by atoms with E-state index in [9.17, 15) is 10.1 Å². The van der Waals surface area contributed by atoms with Crippen LogP contribution in [0.25, 0.3) is 0 Å². The lowest BCUT2D eigenvalue weighted by Gasteiger charge is -2.32. The molecule has 8 nitrogen and oxygen atoms in total. The molecule has 1 aliphatic heterocycles. The molecule has 1 heterocycles. The average Bonchev–Trinajstić information content (AvgIpc) is 2.58. The predicted molar refractivity (Wildman–Crippen MR) is 98.4 cm³/mol. The number of unbranched alkanes of at least 4 members (excludes halogenated alkanes) is 2. The molecule has 0 saturated heterocycles. The Balaban J connectivity index is 2.11. The van der Waals surface area contributed by atoms with Gasteiger partial charge in [-0.2, -0.15) is 0 Å². The number of hydrogen-bond acceptors (Lipinski definition) is 5. The number of rotatable bonds is 8. The molecule has 9 heteroatoms. The first-order chi connectivity index (χ1) is 12.0. The molecule has 0 amide bonds. The zero-order valence-corrected chi connectivity index (χ0v) is 14.6. The first-order valence-electron chi connectivity index (χ1n) is 8.13. The Labute approximate surface area is 151 Å². The summed E-state index contributed by atoms with van der Waals surface area (Å²) in [5.41, 5.74) is 11.2. The Morgan fingerprint density at radius 3 is 2.72 bits per heavy atom. The highest BCUT2D eigenvalue weighted by Gasteiger charge is 2.42. The van der Waals surface area contributed by atoms with Gasteiger partial charge in [-0.1, -0.05) is 36.2 Å². The van der Waals surface area contributed by atoms with Crippen molar-refractivity contribution in [2.45, 2.75) is 37.9 Å². The van der Waals surface area contributed by atoms with Crippen molar-refractivity contribution in [3.63, 3.8) is 0 Å². The van der Waals surface area contributed by atoms with Gasteiger partial charge in [-0.3, -0.25) is 15.8 Å². The summed E-state index contributed by atoms with van der Waals surface area (Å²) in [4.78, 5) is 15.2. The number of nitro groups is 1. The quantitative estimate of drug-likeness (QED) is 0.314. The van der Waals surface area contributed by atoms with E-state index >= 15 is 0 Å². The minimum absolute atomic E-state index is 0.114. The first-order valence-corrected chi connectivity index (χ1v) is 8.50. The summed E-state index contributed by atoms with van der Waals surface area (Å²) in [6.07, 6.45) is 4.15. The SMILES string of the molecule is NCCCCCC1(N)NC(=NCc2ccccc2Cl)NC=C1[N+](=O)[O-]. The van der Waals surface area contributed by atoms with Crippen molar-refractivity contribution in [2.75, 3.05) is 6.54 Å². The van der Waals surface area contributed by atoms with Gasteiger partial charge >= 0.3 is 5.70 Å². The van der Waals surface area contributed by atoms with Gasteiger partial charge in [-0.05, 0) is 37.4 Å². The second-order valence-corrected chi connectivity index (χ2v) is 6.29. The van der Waals surface area contributed by atoms with Crippen LogP contribution >= 0.6 is 11.6 Å². The molecular formula is C16H23ClN6O2. The van der Waals surface area contributed by atoms with Gasteiger partial charge in [0.05, 0.1) is 17.7 Å². The third-order valence-electron chi connectivity index (χ3n) is 3.98. The molecule has 0 saturated carbocycles. The summed E-state index contributed by atoms with van der Waals surface area (Å²) < 4.78 is 0. The summed E-state index contributed by atoms with van der Waals surface area (Å²) in [6, 6.07) is 7.37. The fourth-order valence-corrected chi connectivity index (χ4v) is 2.78. The fourth-order valence-electron chi connectivity index (χ4n) is 2.58. The van der Waals surface area contributed by atoms with Crippen molar-refractivity contribution >= 4 is 17.6 Å². The smallest absolute Gasteiger partial charge is 0.301 e. The molecule has 0 fully saturated rings. The Bertz CT molecular complexity index is 678. The van der Waals surface area contributed by atoms with E-state index in [0.29, 0.717) is 30.5 Å². The summed E-state index contributed by atoms with van der Waals surface area (Å²) in [7, 11) is 0. The summed E-state index contributed by atoms with van der Waals surface area (Å²) in [5, 5.41) is 17.7. The predicted octanol–water partition coefficient (Wildman–Crippen LogP) is 1.68. The van der Waals surface area contributed by atoms with E-state index in [-0.39, 0.29) is 5.70 Å². The molecule has 6 N–H and O–H groups in total. The summed E-state index contributed by atoms with van der Waals surface area (Å²) in [5.74, 6) is 0.381. The van der Waals surface area contributed by atoms with Crippen LogP contribution in [-0.2, 0) is 6.54 Å². The minimum Gasteiger partial charge on any atom is -0.330 e. The van der Waals surface area contributed by atoms with Crippen LogP contribution in [-0.4, -0.2) is 23.1 Å². The topological polar surface area (TPSA) is 132 Å². The van der Waals surface area contributed by atoms with Gasteiger partial charge in [-0.15, -0.1) is 0 Å². The van der Waals surface area contributed by atoms with Crippen molar-refractivity contribution in [2.24, 2.45) is 16.5 Å². The van der Waals surface area contributed by atoms with Crippen LogP contribution in [0.5, 0.6) is 0 Å². The van der Waals surface area contributed by atoms with Gasteiger partial charge in [0, 0.05) is 5.02 Å². The third kappa shape index (κ3) is 5.15. The van der Waals surface area contributed by atoms with Crippen molar-refractivity contribution in [3.05, 3.63) is 56.9 Å². The summed E-state index contributed by atoms with van der Waals surface area (Å²) >= 11 is 6.11. The number of aliphatic imine (C=N–C) groups is 1. The van der Waals surface area contributed by atoms with Gasteiger partial charge in [0.1, 0.15) is 0 Å². The van der Waals surface area contributed by atoms with E-state index in [1.165, 1.54) is 6.20 Å². The number of nitrogens with one attached hydrogen (secondary N) is 2. The van der Waals surface area contributed by atoms with Crippen molar-refractivity contribution < 1.29 is 4.92 Å². The third-order valence-corrected chi connectivity index (χ3v) is 4.35. The highest BCUT2D eigenvalue weighted by Crippen LogP contribution is 2.22. The number of guanidine groups is 1. The molecule has 1 aliphatic rings.